The van der Waals surface area contributed by atoms with Crippen molar-refractivity contribution in [2.45, 2.75) is 13.8 Å². The third-order valence-electron chi connectivity index (χ3n) is 5.38. The van der Waals surface area contributed by atoms with Crippen LogP contribution in [0, 0.1) is 6.92 Å². The van der Waals surface area contributed by atoms with Gasteiger partial charge in [-0.1, -0.05) is 42.5 Å². The van der Waals surface area contributed by atoms with Gasteiger partial charge in [-0.3, -0.25) is 9.59 Å². The second-order valence-corrected chi connectivity index (χ2v) is 8.07. The maximum atomic E-state index is 12.8. The fraction of sp³-hybridized carbons (Fsp3) is 0.103. The molecule has 2 amide bonds. The molecule has 37 heavy (non-hydrogen) atoms. The fourth-order valence-electron chi connectivity index (χ4n) is 3.63. The van der Waals surface area contributed by atoms with Crippen molar-refractivity contribution in [1.29, 1.82) is 0 Å². The molecule has 2 N–H and O–H groups in total. The zero-order chi connectivity index (χ0) is 26.2. The quantitative estimate of drug-likeness (QED) is 0.125. The van der Waals surface area contributed by atoms with E-state index in [0.29, 0.717) is 29.2 Å². The third kappa shape index (κ3) is 6.37. The molecule has 0 saturated heterocycles. The molecular formula is C29H25N3O5. The van der Waals surface area contributed by atoms with Gasteiger partial charge in [0.25, 0.3) is 0 Å². The molecule has 0 spiro atoms. The fourth-order valence-corrected chi connectivity index (χ4v) is 3.63. The number of benzene rings is 4. The van der Waals surface area contributed by atoms with Crippen LogP contribution in [0.3, 0.4) is 0 Å². The van der Waals surface area contributed by atoms with Crippen molar-refractivity contribution in [3.05, 3.63) is 102 Å². The largest absolute Gasteiger partial charge is 0.494 e. The van der Waals surface area contributed by atoms with Crippen molar-refractivity contribution < 1.29 is 23.9 Å². The van der Waals surface area contributed by atoms with E-state index in [4.69, 9.17) is 9.47 Å². The van der Waals surface area contributed by atoms with Crippen LogP contribution < -0.4 is 20.2 Å². The Morgan fingerprint density at radius 3 is 2.43 bits per heavy atom. The van der Waals surface area contributed by atoms with Crippen LogP contribution >= 0.6 is 0 Å². The van der Waals surface area contributed by atoms with Crippen molar-refractivity contribution >= 4 is 40.5 Å². The van der Waals surface area contributed by atoms with E-state index in [1.165, 1.54) is 6.21 Å². The Bertz CT molecular complexity index is 1480. The van der Waals surface area contributed by atoms with Gasteiger partial charge in [-0.05, 0) is 72.6 Å². The van der Waals surface area contributed by atoms with Gasteiger partial charge >= 0.3 is 17.8 Å². The molecular weight excluding hydrogens is 470 g/mol. The van der Waals surface area contributed by atoms with Gasteiger partial charge in [0.2, 0.25) is 0 Å². The number of carbonyl (C=O) groups is 3. The molecule has 0 atom stereocenters. The molecule has 8 nitrogen and oxygen atoms in total. The molecule has 4 aromatic rings. The minimum Gasteiger partial charge on any atom is -0.494 e. The molecule has 0 aliphatic carbocycles. The van der Waals surface area contributed by atoms with E-state index in [2.05, 4.69) is 15.8 Å². The van der Waals surface area contributed by atoms with Crippen LogP contribution in [-0.2, 0) is 9.59 Å². The second-order valence-electron chi connectivity index (χ2n) is 8.07. The average molecular weight is 496 g/mol. The highest BCUT2D eigenvalue weighted by atomic mass is 16.5. The van der Waals surface area contributed by atoms with Gasteiger partial charge in [-0.15, -0.1) is 0 Å². The lowest BCUT2D eigenvalue weighted by Crippen LogP contribution is -2.32. The van der Waals surface area contributed by atoms with Crippen LogP contribution in [0.2, 0.25) is 0 Å². The van der Waals surface area contributed by atoms with Crippen molar-refractivity contribution in [3.63, 3.8) is 0 Å². The van der Waals surface area contributed by atoms with Crippen LogP contribution in [0.5, 0.6) is 11.5 Å². The Morgan fingerprint density at radius 1 is 0.892 bits per heavy atom. The maximum Gasteiger partial charge on any atom is 0.343 e. The van der Waals surface area contributed by atoms with Crippen LogP contribution in [-0.4, -0.2) is 30.6 Å². The molecule has 0 aromatic heterocycles. The van der Waals surface area contributed by atoms with E-state index < -0.39 is 17.8 Å². The highest BCUT2D eigenvalue weighted by Crippen LogP contribution is 2.27. The molecule has 4 aromatic carbocycles. The smallest absolute Gasteiger partial charge is 0.343 e. The number of ether oxygens (including phenoxy) is 2. The molecule has 0 fully saturated rings. The zero-order valence-electron chi connectivity index (χ0n) is 20.4. The van der Waals surface area contributed by atoms with Crippen LogP contribution in [0.4, 0.5) is 5.69 Å². The number of fused-ring (bicyclic) bond motifs is 1. The SMILES string of the molecule is CCOc1ccc(C(=O)Oc2ccc3ccccc3c2/C=N\NC(=O)C(=O)Nc2cccc(C)c2)cc1. The number of hydrogen-bond donors (Lipinski definition) is 2. The lowest BCUT2D eigenvalue weighted by atomic mass is 10.0. The minimum absolute atomic E-state index is 0.250. The van der Waals surface area contributed by atoms with Crippen molar-refractivity contribution in [2.24, 2.45) is 5.10 Å². The molecule has 0 heterocycles. The first kappa shape index (κ1) is 25.1. The molecule has 0 saturated carbocycles. The summed E-state index contributed by atoms with van der Waals surface area (Å²) in [5.41, 5.74) is 4.49. The Morgan fingerprint density at radius 2 is 1.68 bits per heavy atom. The van der Waals surface area contributed by atoms with E-state index in [1.807, 2.05) is 50.2 Å². The number of carbonyl (C=O) groups excluding carboxylic acids is 3. The third-order valence-corrected chi connectivity index (χ3v) is 5.38. The lowest BCUT2D eigenvalue weighted by Gasteiger charge is -2.11. The van der Waals surface area contributed by atoms with Gasteiger partial charge in [-0.25, -0.2) is 10.2 Å². The number of esters is 1. The normalized spacial score (nSPS) is 10.8. The van der Waals surface area contributed by atoms with Gasteiger partial charge in [0.15, 0.2) is 0 Å². The maximum absolute atomic E-state index is 12.8. The molecule has 0 unspecified atom stereocenters. The van der Waals surface area contributed by atoms with Gasteiger partial charge in [0, 0.05) is 11.3 Å². The molecule has 4 rings (SSSR count). The molecule has 0 radical (unpaired) electrons. The van der Waals surface area contributed by atoms with Gasteiger partial charge < -0.3 is 14.8 Å². The Labute approximate surface area is 213 Å². The number of rotatable bonds is 7. The summed E-state index contributed by atoms with van der Waals surface area (Å²) in [4.78, 5) is 37.3. The van der Waals surface area contributed by atoms with E-state index in [-0.39, 0.29) is 5.75 Å². The molecule has 8 heteroatoms. The highest BCUT2D eigenvalue weighted by molar-refractivity contribution is 6.39. The first-order valence-electron chi connectivity index (χ1n) is 11.6. The summed E-state index contributed by atoms with van der Waals surface area (Å²) in [7, 11) is 0. The van der Waals surface area contributed by atoms with Gasteiger partial charge in [0.1, 0.15) is 11.5 Å². The summed E-state index contributed by atoms with van der Waals surface area (Å²) in [5, 5.41) is 8.11. The Kier molecular flexibility index (Phi) is 7.90. The monoisotopic (exact) mass is 495 g/mol. The van der Waals surface area contributed by atoms with E-state index in [9.17, 15) is 14.4 Å². The number of hydrazone groups is 1. The minimum atomic E-state index is -0.939. The standard InChI is InChI=1S/C29H25N3O5/c1-3-36-23-14-11-21(12-15-23)29(35)37-26-16-13-20-8-4-5-10-24(20)25(26)18-30-32-28(34)27(33)31-22-9-6-7-19(2)17-22/h4-18H,3H2,1-2H3,(H,31,33)(H,32,34)/b30-18-. The Balaban J connectivity index is 1.52. The summed E-state index contributed by atoms with van der Waals surface area (Å²) < 4.78 is 11.1. The number of amides is 2. The Hall–Kier alpha value is -4.98. The number of aryl methyl sites for hydroxylation is 1. The second kappa shape index (κ2) is 11.6. The van der Waals surface area contributed by atoms with Gasteiger partial charge in [0.05, 0.1) is 18.4 Å². The average Bonchev–Trinajstić information content (AvgIpc) is 2.90. The van der Waals surface area contributed by atoms with Crippen LogP contribution in [0.1, 0.15) is 28.4 Å². The summed E-state index contributed by atoms with van der Waals surface area (Å²) in [6.07, 6.45) is 1.35. The summed E-state index contributed by atoms with van der Waals surface area (Å²) in [5.74, 6) is -1.46. The first-order chi connectivity index (χ1) is 17.9. The summed E-state index contributed by atoms with van der Waals surface area (Å²) >= 11 is 0. The van der Waals surface area contributed by atoms with Crippen molar-refractivity contribution in [3.8, 4) is 11.5 Å². The lowest BCUT2D eigenvalue weighted by molar-refractivity contribution is -0.136. The van der Waals surface area contributed by atoms with Crippen molar-refractivity contribution in [1.82, 2.24) is 5.43 Å². The van der Waals surface area contributed by atoms with Crippen molar-refractivity contribution in [2.75, 3.05) is 11.9 Å². The number of anilines is 1. The first-order valence-corrected chi connectivity index (χ1v) is 11.6. The topological polar surface area (TPSA) is 106 Å². The predicted octanol–water partition coefficient (Wildman–Crippen LogP) is 4.85. The highest BCUT2D eigenvalue weighted by Gasteiger charge is 2.15. The molecule has 0 aliphatic rings. The van der Waals surface area contributed by atoms with E-state index in [0.717, 1.165) is 16.3 Å². The molecule has 0 bridgehead atoms. The van der Waals surface area contributed by atoms with Crippen LogP contribution in [0.15, 0.2) is 90.0 Å². The number of nitrogens with zero attached hydrogens (tertiary/aromatic N) is 1. The van der Waals surface area contributed by atoms with Gasteiger partial charge in [-0.2, -0.15) is 5.10 Å². The number of hydrogen-bond acceptors (Lipinski definition) is 6. The summed E-state index contributed by atoms with van der Waals surface area (Å²) in [6, 6.07) is 24.7. The molecule has 0 aliphatic heterocycles. The predicted molar refractivity (Wildman–Crippen MR) is 142 cm³/mol. The van der Waals surface area contributed by atoms with Crippen LogP contribution in [0.25, 0.3) is 10.8 Å². The summed E-state index contributed by atoms with van der Waals surface area (Å²) in [6.45, 7) is 4.28. The molecule has 186 valence electrons. The number of nitrogens with one attached hydrogen (secondary N) is 2. The zero-order valence-corrected chi connectivity index (χ0v) is 20.4. The van der Waals surface area contributed by atoms with E-state index in [1.54, 1.807) is 48.5 Å². The van der Waals surface area contributed by atoms with E-state index >= 15 is 0 Å².